The molecule has 1 rings (SSSR count). The molecule has 0 heterocycles. The van der Waals surface area contributed by atoms with Crippen LogP contribution in [0.25, 0.3) is 0 Å². The maximum absolute atomic E-state index is 11.8. The molecule has 0 radical (unpaired) electrons. The standard InChI is InChI=1S/C12H14BrN3O/c13-11-5-4-9(15)8-10(11)12(17)16-7-3-1-2-6-14/h4-5,8H,1-3,7,15H2,(H,16,17). The lowest BCUT2D eigenvalue weighted by Gasteiger charge is -2.07. The van der Waals surface area contributed by atoms with Crippen molar-refractivity contribution in [1.82, 2.24) is 5.32 Å². The Labute approximate surface area is 109 Å². The van der Waals surface area contributed by atoms with Gasteiger partial charge in [-0.3, -0.25) is 4.79 Å². The number of nitrogens with two attached hydrogens (primary N) is 1. The van der Waals surface area contributed by atoms with E-state index < -0.39 is 0 Å². The van der Waals surface area contributed by atoms with Crippen LogP contribution in [0.5, 0.6) is 0 Å². The Bertz CT molecular complexity index is 440. The average Bonchev–Trinajstić information content (AvgIpc) is 2.32. The summed E-state index contributed by atoms with van der Waals surface area (Å²) < 4.78 is 0.723. The molecule has 3 N–H and O–H groups in total. The van der Waals surface area contributed by atoms with Gasteiger partial charge in [0.25, 0.3) is 5.91 Å². The predicted molar refractivity (Wildman–Crippen MR) is 70.4 cm³/mol. The second-order valence-corrected chi connectivity index (χ2v) is 4.46. The van der Waals surface area contributed by atoms with Crippen molar-refractivity contribution in [3.05, 3.63) is 28.2 Å². The second kappa shape index (κ2) is 6.92. The summed E-state index contributed by atoms with van der Waals surface area (Å²) in [7, 11) is 0. The highest BCUT2D eigenvalue weighted by atomic mass is 79.9. The number of nitrogens with one attached hydrogen (secondary N) is 1. The first kappa shape index (κ1) is 13.5. The predicted octanol–water partition coefficient (Wildman–Crippen LogP) is 2.45. The summed E-state index contributed by atoms with van der Waals surface area (Å²) in [4.78, 5) is 11.8. The zero-order valence-corrected chi connectivity index (χ0v) is 11.0. The Kier molecular flexibility index (Phi) is 5.50. The summed E-state index contributed by atoms with van der Waals surface area (Å²) in [5.41, 5.74) is 6.71. The Morgan fingerprint density at radius 2 is 2.24 bits per heavy atom. The quantitative estimate of drug-likeness (QED) is 0.647. The molecule has 1 aromatic rings. The molecular weight excluding hydrogens is 282 g/mol. The van der Waals surface area contributed by atoms with E-state index in [0.717, 1.165) is 17.3 Å². The van der Waals surface area contributed by atoms with Gasteiger partial charge in [-0.05, 0) is 47.0 Å². The number of amides is 1. The fourth-order valence-electron chi connectivity index (χ4n) is 1.34. The van der Waals surface area contributed by atoms with Gasteiger partial charge in [-0.25, -0.2) is 0 Å². The van der Waals surface area contributed by atoms with E-state index in [2.05, 4.69) is 27.3 Å². The minimum Gasteiger partial charge on any atom is -0.399 e. The zero-order valence-electron chi connectivity index (χ0n) is 9.37. The highest BCUT2D eigenvalue weighted by molar-refractivity contribution is 9.10. The van der Waals surface area contributed by atoms with Gasteiger partial charge in [-0.15, -0.1) is 0 Å². The largest absolute Gasteiger partial charge is 0.399 e. The Morgan fingerprint density at radius 3 is 2.94 bits per heavy atom. The highest BCUT2D eigenvalue weighted by Gasteiger charge is 2.09. The first-order valence-electron chi connectivity index (χ1n) is 5.35. The van der Waals surface area contributed by atoms with E-state index in [0.29, 0.717) is 24.2 Å². The third-order valence-corrected chi connectivity index (χ3v) is 2.93. The number of benzene rings is 1. The van der Waals surface area contributed by atoms with E-state index >= 15 is 0 Å². The maximum atomic E-state index is 11.8. The summed E-state index contributed by atoms with van der Waals surface area (Å²) in [6.45, 7) is 0.571. The highest BCUT2D eigenvalue weighted by Crippen LogP contribution is 2.19. The van der Waals surface area contributed by atoms with E-state index in [4.69, 9.17) is 11.0 Å². The van der Waals surface area contributed by atoms with Crippen LogP contribution in [0.2, 0.25) is 0 Å². The fourth-order valence-corrected chi connectivity index (χ4v) is 1.77. The number of nitrogens with zero attached hydrogens (tertiary/aromatic N) is 1. The van der Waals surface area contributed by atoms with E-state index in [1.54, 1.807) is 18.2 Å². The lowest BCUT2D eigenvalue weighted by atomic mass is 10.2. The van der Waals surface area contributed by atoms with Crippen molar-refractivity contribution in [2.45, 2.75) is 19.3 Å². The molecule has 0 unspecified atom stereocenters. The van der Waals surface area contributed by atoms with Crippen LogP contribution < -0.4 is 11.1 Å². The Hall–Kier alpha value is -1.54. The normalized spacial score (nSPS) is 9.65. The van der Waals surface area contributed by atoms with Crippen LogP contribution in [0.1, 0.15) is 29.6 Å². The first-order valence-corrected chi connectivity index (χ1v) is 6.14. The van der Waals surface area contributed by atoms with Crippen molar-refractivity contribution in [2.24, 2.45) is 0 Å². The van der Waals surface area contributed by atoms with Crippen LogP contribution in [-0.2, 0) is 0 Å². The van der Waals surface area contributed by atoms with Gasteiger partial charge in [0.2, 0.25) is 0 Å². The number of carbonyl (C=O) groups excluding carboxylic acids is 1. The van der Waals surface area contributed by atoms with Crippen LogP contribution in [-0.4, -0.2) is 12.5 Å². The summed E-state index contributed by atoms with van der Waals surface area (Å²) >= 11 is 3.31. The number of halogens is 1. The zero-order chi connectivity index (χ0) is 12.7. The van der Waals surface area contributed by atoms with Gasteiger partial charge < -0.3 is 11.1 Å². The number of hydrogen-bond donors (Lipinski definition) is 2. The van der Waals surface area contributed by atoms with Crippen LogP contribution in [0, 0.1) is 11.3 Å². The van der Waals surface area contributed by atoms with Gasteiger partial charge in [0, 0.05) is 23.1 Å². The molecule has 0 aliphatic heterocycles. The lowest BCUT2D eigenvalue weighted by molar-refractivity contribution is 0.0952. The number of unbranched alkanes of at least 4 members (excludes halogenated alkanes) is 2. The monoisotopic (exact) mass is 295 g/mol. The molecule has 0 fully saturated rings. The molecule has 90 valence electrons. The van der Waals surface area contributed by atoms with E-state index in [1.807, 2.05) is 0 Å². The average molecular weight is 296 g/mol. The fraction of sp³-hybridized carbons (Fsp3) is 0.333. The van der Waals surface area contributed by atoms with Gasteiger partial charge in [0.05, 0.1) is 11.6 Å². The molecular formula is C12H14BrN3O. The van der Waals surface area contributed by atoms with Gasteiger partial charge in [-0.1, -0.05) is 0 Å². The second-order valence-electron chi connectivity index (χ2n) is 3.61. The molecule has 1 amide bonds. The summed E-state index contributed by atoms with van der Waals surface area (Å²) in [5.74, 6) is -0.152. The molecule has 1 aromatic carbocycles. The minimum atomic E-state index is -0.152. The first-order chi connectivity index (χ1) is 8.15. The number of nitrogen functional groups attached to an aromatic ring is 1. The van der Waals surface area contributed by atoms with Gasteiger partial charge in [-0.2, -0.15) is 5.26 Å². The summed E-state index contributed by atoms with van der Waals surface area (Å²) in [5, 5.41) is 11.2. The number of anilines is 1. The maximum Gasteiger partial charge on any atom is 0.252 e. The molecule has 0 aliphatic rings. The van der Waals surface area contributed by atoms with Gasteiger partial charge >= 0.3 is 0 Å². The van der Waals surface area contributed by atoms with Crippen molar-refractivity contribution in [3.8, 4) is 6.07 Å². The molecule has 0 atom stereocenters. The van der Waals surface area contributed by atoms with Crippen molar-refractivity contribution in [1.29, 1.82) is 5.26 Å². The lowest BCUT2D eigenvalue weighted by Crippen LogP contribution is -2.24. The number of hydrogen-bond acceptors (Lipinski definition) is 3. The van der Waals surface area contributed by atoms with Crippen molar-refractivity contribution < 1.29 is 4.79 Å². The van der Waals surface area contributed by atoms with E-state index in [1.165, 1.54) is 0 Å². The van der Waals surface area contributed by atoms with Gasteiger partial charge in [0.15, 0.2) is 0 Å². The number of carbonyl (C=O) groups is 1. The van der Waals surface area contributed by atoms with Crippen LogP contribution >= 0.6 is 15.9 Å². The third-order valence-electron chi connectivity index (χ3n) is 2.24. The minimum absolute atomic E-state index is 0.152. The molecule has 0 spiro atoms. The van der Waals surface area contributed by atoms with E-state index in [-0.39, 0.29) is 5.91 Å². The molecule has 17 heavy (non-hydrogen) atoms. The molecule has 0 bridgehead atoms. The molecule has 0 saturated carbocycles. The van der Waals surface area contributed by atoms with Crippen molar-refractivity contribution in [2.75, 3.05) is 12.3 Å². The smallest absolute Gasteiger partial charge is 0.252 e. The Balaban J connectivity index is 2.47. The van der Waals surface area contributed by atoms with Crippen LogP contribution in [0.4, 0.5) is 5.69 Å². The number of rotatable bonds is 5. The molecule has 0 aromatic heterocycles. The Morgan fingerprint density at radius 1 is 1.47 bits per heavy atom. The molecule has 4 nitrogen and oxygen atoms in total. The summed E-state index contributed by atoms with van der Waals surface area (Å²) in [6, 6.07) is 7.18. The van der Waals surface area contributed by atoms with Crippen molar-refractivity contribution in [3.63, 3.8) is 0 Å². The third kappa shape index (κ3) is 4.45. The van der Waals surface area contributed by atoms with Crippen LogP contribution in [0.15, 0.2) is 22.7 Å². The number of nitriles is 1. The van der Waals surface area contributed by atoms with Crippen molar-refractivity contribution >= 4 is 27.5 Å². The summed E-state index contributed by atoms with van der Waals surface area (Å²) in [6.07, 6.45) is 2.13. The SMILES string of the molecule is N#CCCCCNC(=O)c1cc(N)ccc1Br. The van der Waals surface area contributed by atoms with Crippen LogP contribution in [0.3, 0.4) is 0 Å². The molecule has 0 saturated heterocycles. The topological polar surface area (TPSA) is 78.9 Å². The molecule has 5 heteroatoms. The molecule has 0 aliphatic carbocycles. The van der Waals surface area contributed by atoms with E-state index in [9.17, 15) is 4.79 Å². The van der Waals surface area contributed by atoms with Gasteiger partial charge in [0.1, 0.15) is 0 Å².